The van der Waals surface area contributed by atoms with E-state index in [0.29, 0.717) is 17.1 Å². The van der Waals surface area contributed by atoms with Gasteiger partial charge in [0.05, 0.1) is 18.7 Å². The summed E-state index contributed by atoms with van der Waals surface area (Å²) in [6, 6.07) is 11.6. The number of nitrogens with zero attached hydrogens (tertiary/aromatic N) is 1. The number of hydrogen-bond donors (Lipinski definition) is 3. The van der Waals surface area contributed by atoms with Crippen molar-refractivity contribution >= 4 is 35.1 Å². The number of aliphatic carboxylic acids is 1. The van der Waals surface area contributed by atoms with Crippen LogP contribution in [0.2, 0.25) is 0 Å². The first-order valence-electron chi connectivity index (χ1n) is 9.64. The van der Waals surface area contributed by atoms with E-state index in [1.54, 1.807) is 23.1 Å². The van der Waals surface area contributed by atoms with Crippen molar-refractivity contribution in [2.45, 2.75) is 13.3 Å². The molecule has 0 aromatic heterocycles. The van der Waals surface area contributed by atoms with Gasteiger partial charge in [-0.05, 0) is 48.9 Å². The highest BCUT2D eigenvalue weighted by Gasteiger charge is 2.36. The maximum absolute atomic E-state index is 12.7. The molecule has 3 amide bonds. The molecule has 1 saturated heterocycles. The minimum Gasteiger partial charge on any atom is -0.495 e. The van der Waals surface area contributed by atoms with Gasteiger partial charge in [0.25, 0.3) is 5.91 Å². The van der Waals surface area contributed by atoms with Crippen molar-refractivity contribution in [3.05, 3.63) is 53.6 Å². The van der Waals surface area contributed by atoms with Crippen LogP contribution in [0.15, 0.2) is 42.5 Å². The molecule has 1 unspecified atom stereocenters. The molecule has 1 atom stereocenters. The first kappa shape index (κ1) is 21.8. The van der Waals surface area contributed by atoms with Crippen LogP contribution in [-0.4, -0.2) is 49.0 Å². The molecular formula is C22H23N3O6. The van der Waals surface area contributed by atoms with Crippen LogP contribution in [-0.2, 0) is 14.4 Å². The largest absolute Gasteiger partial charge is 0.495 e. The van der Waals surface area contributed by atoms with E-state index in [-0.39, 0.29) is 30.3 Å². The van der Waals surface area contributed by atoms with Gasteiger partial charge in [0.15, 0.2) is 0 Å². The molecule has 0 spiro atoms. The summed E-state index contributed by atoms with van der Waals surface area (Å²) in [7, 11) is 1.53. The van der Waals surface area contributed by atoms with Crippen LogP contribution < -0.4 is 20.3 Å². The number of aryl methyl sites for hydroxylation is 1. The van der Waals surface area contributed by atoms with Crippen molar-refractivity contribution in [1.82, 2.24) is 5.32 Å². The van der Waals surface area contributed by atoms with Gasteiger partial charge in [-0.3, -0.25) is 19.2 Å². The van der Waals surface area contributed by atoms with Crippen molar-refractivity contribution in [2.75, 3.05) is 30.4 Å². The summed E-state index contributed by atoms with van der Waals surface area (Å²) in [4.78, 5) is 49.2. The van der Waals surface area contributed by atoms with E-state index >= 15 is 0 Å². The lowest BCUT2D eigenvalue weighted by molar-refractivity contribution is -0.135. The average Bonchev–Trinajstić information content (AvgIpc) is 3.14. The number of carboxylic acids is 1. The minimum atomic E-state index is -1.14. The predicted octanol–water partition coefficient (Wildman–Crippen LogP) is 1.81. The van der Waals surface area contributed by atoms with Crippen LogP contribution in [0.1, 0.15) is 22.3 Å². The van der Waals surface area contributed by atoms with Gasteiger partial charge in [0.1, 0.15) is 12.3 Å². The van der Waals surface area contributed by atoms with Crippen LogP contribution in [0.25, 0.3) is 0 Å². The third kappa shape index (κ3) is 5.19. The molecule has 2 aromatic rings. The molecule has 0 aliphatic carbocycles. The second kappa shape index (κ2) is 9.29. The monoisotopic (exact) mass is 425 g/mol. The number of hydrogen-bond acceptors (Lipinski definition) is 5. The highest BCUT2D eigenvalue weighted by molar-refractivity contribution is 6.04. The van der Waals surface area contributed by atoms with Gasteiger partial charge >= 0.3 is 5.97 Å². The second-order valence-corrected chi connectivity index (χ2v) is 7.22. The summed E-state index contributed by atoms with van der Waals surface area (Å²) in [6.07, 6.45) is 0.0820. The number of nitrogens with one attached hydrogen (secondary N) is 2. The van der Waals surface area contributed by atoms with Crippen LogP contribution in [0.3, 0.4) is 0 Å². The fourth-order valence-corrected chi connectivity index (χ4v) is 3.33. The normalized spacial score (nSPS) is 15.5. The predicted molar refractivity (Wildman–Crippen MR) is 113 cm³/mol. The van der Waals surface area contributed by atoms with E-state index in [1.807, 2.05) is 19.1 Å². The number of carbonyl (C=O) groups excluding carboxylic acids is 3. The van der Waals surface area contributed by atoms with E-state index in [2.05, 4.69) is 10.6 Å². The van der Waals surface area contributed by atoms with Crippen LogP contribution in [0, 0.1) is 12.8 Å². The summed E-state index contributed by atoms with van der Waals surface area (Å²) in [6.45, 7) is 1.68. The molecule has 1 heterocycles. The Morgan fingerprint density at radius 2 is 1.87 bits per heavy atom. The molecule has 0 saturated carbocycles. The van der Waals surface area contributed by atoms with E-state index < -0.39 is 24.3 Å². The quantitative estimate of drug-likeness (QED) is 0.621. The lowest BCUT2D eigenvalue weighted by Gasteiger charge is -2.20. The zero-order valence-electron chi connectivity index (χ0n) is 17.2. The van der Waals surface area contributed by atoms with E-state index in [9.17, 15) is 19.2 Å². The van der Waals surface area contributed by atoms with Gasteiger partial charge in [0, 0.05) is 24.2 Å². The molecule has 1 fully saturated rings. The lowest BCUT2D eigenvalue weighted by atomic mass is 10.1. The van der Waals surface area contributed by atoms with Crippen LogP contribution in [0.4, 0.5) is 11.4 Å². The zero-order chi connectivity index (χ0) is 22.5. The van der Waals surface area contributed by atoms with Gasteiger partial charge in [-0.15, -0.1) is 0 Å². The molecule has 162 valence electrons. The number of ether oxygens (including phenoxy) is 1. The highest BCUT2D eigenvalue weighted by atomic mass is 16.5. The van der Waals surface area contributed by atoms with E-state index in [4.69, 9.17) is 9.84 Å². The zero-order valence-corrected chi connectivity index (χ0v) is 17.2. The molecule has 0 radical (unpaired) electrons. The fraction of sp³-hybridized carbons (Fsp3) is 0.273. The topological polar surface area (TPSA) is 125 Å². The van der Waals surface area contributed by atoms with Crippen LogP contribution >= 0.6 is 0 Å². The SMILES string of the molecule is COc1ccc(C)cc1N1CC(C(=O)Nc2ccc(C(=O)NCC(=O)O)cc2)CC1=O. The summed E-state index contributed by atoms with van der Waals surface area (Å²) in [5, 5.41) is 13.6. The maximum Gasteiger partial charge on any atom is 0.322 e. The smallest absolute Gasteiger partial charge is 0.322 e. The molecule has 9 heteroatoms. The molecule has 0 bridgehead atoms. The maximum atomic E-state index is 12.7. The minimum absolute atomic E-state index is 0.0820. The molecule has 2 aromatic carbocycles. The Morgan fingerprint density at radius 3 is 2.52 bits per heavy atom. The Kier molecular flexibility index (Phi) is 6.54. The molecule has 1 aliphatic rings. The Balaban J connectivity index is 1.64. The highest BCUT2D eigenvalue weighted by Crippen LogP contribution is 2.34. The van der Waals surface area contributed by atoms with Gasteiger partial charge in [-0.2, -0.15) is 0 Å². The number of carbonyl (C=O) groups is 4. The van der Waals surface area contributed by atoms with Gasteiger partial charge in [-0.1, -0.05) is 6.07 Å². The van der Waals surface area contributed by atoms with Crippen molar-refractivity contribution in [1.29, 1.82) is 0 Å². The van der Waals surface area contributed by atoms with E-state index in [1.165, 1.54) is 19.2 Å². The second-order valence-electron chi connectivity index (χ2n) is 7.22. The Labute approximate surface area is 179 Å². The molecule has 3 N–H and O–H groups in total. The molecule has 1 aliphatic heterocycles. The van der Waals surface area contributed by atoms with Gasteiger partial charge in [-0.25, -0.2) is 0 Å². The van der Waals surface area contributed by atoms with Gasteiger partial charge < -0.3 is 25.4 Å². The van der Waals surface area contributed by atoms with Crippen molar-refractivity contribution < 1.29 is 29.0 Å². The molecule has 9 nitrogen and oxygen atoms in total. The third-order valence-corrected chi connectivity index (χ3v) is 4.94. The third-order valence-electron chi connectivity index (χ3n) is 4.94. The standard InChI is InChI=1S/C22H23N3O6/c1-13-3-8-18(31-2)17(9-13)25-12-15(10-19(25)26)22(30)24-16-6-4-14(5-7-16)21(29)23-11-20(27)28/h3-9,15H,10-12H2,1-2H3,(H,23,29)(H,24,30)(H,27,28). The number of anilines is 2. The van der Waals surface area contributed by atoms with Crippen molar-refractivity contribution in [3.63, 3.8) is 0 Å². The lowest BCUT2D eigenvalue weighted by Crippen LogP contribution is -2.29. The fourth-order valence-electron chi connectivity index (χ4n) is 3.33. The Hall–Kier alpha value is -3.88. The summed E-state index contributed by atoms with van der Waals surface area (Å²) in [5.74, 6) is -2.09. The summed E-state index contributed by atoms with van der Waals surface area (Å²) in [5.41, 5.74) is 2.36. The number of methoxy groups -OCH3 is 1. The summed E-state index contributed by atoms with van der Waals surface area (Å²) >= 11 is 0. The average molecular weight is 425 g/mol. The Bertz CT molecular complexity index is 1020. The Morgan fingerprint density at radius 1 is 1.16 bits per heavy atom. The van der Waals surface area contributed by atoms with Gasteiger partial charge in [0.2, 0.25) is 11.8 Å². The first-order chi connectivity index (χ1) is 14.8. The van der Waals surface area contributed by atoms with Crippen molar-refractivity contribution in [2.24, 2.45) is 5.92 Å². The first-order valence-corrected chi connectivity index (χ1v) is 9.64. The molecule has 3 rings (SSSR count). The number of amides is 3. The number of benzene rings is 2. The van der Waals surface area contributed by atoms with E-state index in [0.717, 1.165) is 5.56 Å². The number of carboxylic acid groups (broad SMARTS) is 1. The molecule has 31 heavy (non-hydrogen) atoms. The molecular weight excluding hydrogens is 402 g/mol. The summed E-state index contributed by atoms with van der Waals surface area (Å²) < 4.78 is 5.35. The van der Waals surface area contributed by atoms with Crippen LogP contribution in [0.5, 0.6) is 5.75 Å². The van der Waals surface area contributed by atoms with Crippen molar-refractivity contribution in [3.8, 4) is 5.75 Å². The number of rotatable bonds is 7.